The number of nitrogens with zero attached hydrogens (tertiary/aromatic N) is 1. The maximum atomic E-state index is 12.2. The van der Waals surface area contributed by atoms with Crippen molar-refractivity contribution in [3.8, 4) is 0 Å². The average Bonchev–Trinajstić information content (AvgIpc) is 2.88. The van der Waals surface area contributed by atoms with E-state index in [0.717, 1.165) is 5.56 Å². The van der Waals surface area contributed by atoms with Crippen molar-refractivity contribution in [1.82, 2.24) is 4.57 Å². The van der Waals surface area contributed by atoms with E-state index in [2.05, 4.69) is 0 Å². The largest absolute Gasteiger partial charge is 0.459 e. The molecule has 0 fully saturated rings. The first kappa shape index (κ1) is 14.1. The van der Waals surface area contributed by atoms with Crippen LogP contribution in [0.25, 0.3) is 11.1 Å². The number of benzene rings is 2. The standard InChI is InChI=1S/C17H15NO4/c1-12(16(19)21-11-13-7-3-2-4-8-13)18-14-9-5-6-10-15(14)22-17(18)20/h2-10,12H,11H2,1H3. The zero-order chi connectivity index (χ0) is 15.5. The predicted molar refractivity (Wildman–Crippen MR) is 81.4 cm³/mol. The third-order valence-corrected chi connectivity index (χ3v) is 3.47. The molecule has 0 amide bonds. The van der Waals surface area contributed by atoms with Crippen molar-refractivity contribution >= 4 is 17.1 Å². The van der Waals surface area contributed by atoms with Crippen LogP contribution < -0.4 is 5.76 Å². The van der Waals surface area contributed by atoms with Crippen LogP contribution in [-0.2, 0) is 16.1 Å². The summed E-state index contributed by atoms with van der Waals surface area (Å²) in [5.74, 6) is -1.04. The summed E-state index contributed by atoms with van der Waals surface area (Å²) in [5, 5.41) is 0. The molecule has 0 spiro atoms. The number of hydrogen-bond donors (Lipinski definition) is 0. The third-order valence-electron chi connectivity index (χ3n) is 3.47. The molecule has 5 heteroatoms. The van der Waals surface area contributed by atoms with Crippen molar-refractivity contribution in [3.63, 3.8) is 0 Å². The molecular formula is C17H15NO4. The van der Waals surface area contributed by atoms with Crippen LogP contribution in [0.3, 0.4) is 0 Å². The number of hydrogen-bond acceptors (Lipinski definition) is 4. The van der Waals surface area contributed by atoms with E-state index in [1.807, 2.05) is 30.3 Å². The fraction of sp³-hybridized carbons (Fsp3) is 0.176. The highest BCUT2D eigenvalue weighted by Crippen LogP contribution is 2.17. The molecule has 112 valence electrons. The Labute approximate surface area is 126 Å². The Kier molecular flexibility index (Phi) is 3.78. The normalized spacial score (nSPS) is 12.2. The Bertz CT molecular complexity index is 848. The molecule has 0 aliphatic heterocycles. The molecule has 0 N–H and O–H groups in total. The predicted octanol–water partition coefficient (Wildman–Crippen LogP) is 2.90. The number of carbonyl (C=O) groups is 1. The van der Waals surface area contributed by atoms with E-state index in [-0.39, 0.29) is 6.61 Å². The van der Waals surface area contributed by atoms with Gasteiger partial charge in [0, 0.05) is 0 Å². The minimum Gasteiger partial charge on any atom is -0.459 e. The summed E-state index contributed by atoms with van der Waals surface area (Å²) in [6.07, 6.45) is 0. The van der Waals surface area contributed by atoms with E-state index in [0.29, 0.717) is 11.1 Å². The van der Waals surface area contributed by atoms with E-state index < -0.39 is 17.8 Å². The first-order valence-electron chi connectivity index (χ1n) is 6.97. The van der Waals surface area contributed by atoms with E-state index >= 15 is 0 Å². The smallest absolute Gasteiger partial charge is 0.420 e. The molecule has 0 radical (unpaired) electrons. The van der Waals surface area contributed by atoms with Gasteiger partial charge < -0.3 is 9.15 Å². The number of esters is 1. The summed E-state index contributed by atoms with van der Waals surface area (Å²) < 4.78 is 11.7. The first-order valence-corrected chi connectivity index (χ1v) is 6.97. The topological polar surface area (TPSA) is 61.4 Å². The Morgan fingerprint density at radius 3 is 2.59 bits per heavy atom. The zero-order valence-corrected chi connectivity index (χ0v) is 12.1. The molecule has 22 heavy (non-hydrogen) atoms. The second-order valence-electron chi connectivity index (χ2n) is 4.97. The van der Waals surface area contributed by atoms with Gasteiger partial charge in [-0.05, 0) is 24.6 Å². The highest BCUT2D eigenvalue weighted by Gasteiger charge is 2.22. The SMILES string of the molecule is CC(C(=O)OCc1ccccc1)n1c(=O)oc2ccccc21. The Balaban J connectivity index is 1.80. The van der Waals surface area contributed by atoms with Gasteiger partial charge in [0.25, 0.3) is 0 Å². The zero-order valence-electron chi connectivity index (χ0n) is 12.1. The lowest BCUT2D eigenvalue weighted by Gasteiger charge is -2.12. The lowest BCUT2D eigenvalue weighted by atomic mass is 10.2. The van der Waals surface area contributed by atoms with Gasteiger partial charge in [0.15, 0.2) is 5.58 Å². The van der Waals surface area contributed by atoms with Gasteiger partial charge in [0.05, 0.1) is 5.52 Å². The molecule has 3 aromatic rings. The van der Waals surface area contributed by atoms with Gasteiger partial charge in [-0.1, -0.05) is 42.5 Å². The summed E-state index contributed by atoms with van der Waals surface area (Å²) in [5.41, 5.74) is 1.93. The molecule has 3 rings (SSSR count). The summed E-state index contributed by atoms with van der Waals surface area (Å²) in [7, 11) is 0. The summed E-state index contributed by atoms with van der Waals surface area (Å²) >= 11 is 0. The van der Waals surface area contributed by atoms with Crippen LogP contribution in [0.2, 0.25) is 0 Å². The molecule has 2 aromatic carbocycles. The van der Waals surface area contributed by atoms with Crippen molar-refractivity contribution in [2.45, 2.75) is 19.6 Å². The van der Waals surface area contributed by atoms with Gasteiger partial charge >= 0.3 is 11.7 Å². The molecule has 1 unspecified atom stereocenters. The van der Waals surface area contributed by atoms with E-state index in [1.54, 1.807) is 31.2 Å². The van der Waals surface area contributed by atoms with Gasteiger partial charge in [0.1, 0.15) is 12.6 Å². The number of fused-ring (bicyclic) bond motifs is 1. The van der Waals surface area contributed by atoms with Gasteiger partial charge in [-0.3, -0.25) is 4.57 Å². The van der Waals surface area contributed by atoms with Gasteiger partial charge in [-0.25, -0.2) is 9.59 Å². The molecule has 0 aliphatic rings. The van der Waals surface area contributed by atoms with Crippen LogP contribution in [0.4, 0.5) is 0 Å². The number of aromatic nitrogens is 1. The Morgan fingerprint density at radius 1 is 1.14 bits per heavy atom. The van der Waals surface area contributed by atoms with Crippen LogP contribution >= 0.6 is 0 Å². The van der Waals surface area contributed by atoms with Crippen molar-refractivity contribution in [3.05, 3.63) is 70.7 Å². The fourth-order valence-electron chi connectivity index (χ4n) is 2.31. The second-order valence-corrected chi connectivity index (χ2v) is 4.97. The highest BCUT2D eigenvalue weighted by atomic mass is 16.5. The molecule has 0 saturated heterocycles. The molecule has 0 bridgehead atoms. The van der Waals surface area contributed by atoms with Crippen LogP contribution in [0, 0.1) is 0 Å². The molecular weight excluding hydrogens is 282 g/mol. The quantitative estimate of drug-likeness (QED) is 0.695. The van der Waals surface area contributed by atoms with E-state index in [1.165, 1.54) is 4.57 Å². The van der Waals surface area contributed by atoms with E-state index in [4.69, 9.17) is 9.15 Å². The van der Waals surface area contributed by atoms with E-state index in [9.17, 15) is 9.59 Å². The molecule has 0 saturated carbocycles. The Morgan fingerprint density at radius 2 is 1.82 bits per heavy atom. The third kappa shape index (κ3) is 2.65. The van der Waals surface area contributed by atoms with Crippen molar-refractivity contribution in [2.24, 2.45) is 0 Å². The molecule has 1 heterocycles. The Hall–Kier alpha value is -2.82. The number of carbonyl (C=O) groups excluding carboxylic acids is 1. The summed E-state index contributed by atoms with van der Waals surface area (Å²) in [6.45, 7) is 1.80. The average molecular weight is 297 g/mol. The van der Waals surface area contributed by atoms with Crippen LogP contribution in [0.5, 0.6) is 0 Å². The van der Waals surface area contributed by atoms with Crippen LogP contribution in [0.15, 0.2) is 63.8 Å². The van der Waals surface area contributed by atoms with Crippen LogP contribution in [-0.4, -0.2) is 10.5 Å². The van der Waals surface area contributed by atoms with Crippen molar-refractivity contribution in [1.29, 1.82) is 0 Å². The monoisotopic (exact) mass is 297 g/mol. The second kappa shape index (κ2) is 5.89. The highest BCUT2D eigenvalue weighted by molar-refractivity contribution is 5.79. The number of oxazole rings is 1. The molecule has 1 atom stereocenters. The minimum atomic E-state index is -0.750. The van der Waals surface area contributed by atoms with Gasteiger partial charge in [-0.15, -0.1) is 0 Å². The van der Waals surface area contributed by atoms with Crippen molar-refractivity contribution < 1.29 is 13.9 Å². The maximum Gasteiger partial charge on any atom is 0.420 e. The molecule has 1 aromatic heterocycles. The summed E-state index contributed by atoms with van der Waals surface area (Å²) in [6, 6.07) is 15.6. The lowest BCUT2D eigenvalue weighted by Crippen LogP contribution is -2.26. The van der Waals surface area contributed by atoms with Gasteiger partial charge in [-0.2, -0.15) is 0 Å². The number of rotatable bonds is 4. The first-order chi connectivity index (χ1) is 10.7. The summed E-state index contributed by atoms with van der Waals surface area (Å²) in [4.78, 5) is 24.1. The van der Waals surface area contributed by atoms with Gasteiger partial charge in [0.2, 0.25) is 0 Å². The van der Waals surface area contributed by atoms with Crippen molar-refractivity contribution in [2.75, 3.05) is 0 Å². The van der Waals surface area contributed by atoms with Crippen LogP contribution in [0.1, 0.15) is 18.5 Å². The molecule has 0 aliphatic carbocycles. The number of para-hydroxylation sites is 2. The maximum absolute atomic E-state index is 12.2. The number of ether oxygens (including phenoxy) is 1. The minimum absolute atomic E-state index is 0.175. The lowest BCUT2D eigenvalue weighted by molar-refractivity contribution is -0.148. The fourth-order valence-corrected chi connectivity index (χ4v) is 2.31. The molecule has 5 nitrogen and oxygen atoms in total.